The van der Waals surface area contributed by atoms with Crippen LogP contribution < -0.4 is 10.1 Å². The quantitative estimate of drug-likeness (QED) is 0.879. The van der Waals surface area contributed by atoms with Crippen LogP contribution in [0, 0.1) is 6.92 Å². The summed E-state index contributed by atoms with van der Waals surface area (Å²) >= 11 is 0. The van der Waals surface area contributed by atoms with Crippen molar-refractivity contribution in [2.45, 2.75) is 32.9 Å². The Morgan fingerprint density at radius 3 is 2.80 bits per heavy atom. The third kappa shape index (κ3) is 3.20. The second-order valence-electron chi connectivity index (χ2n) is 5.00. The van der Waals surface area contributed by atoms with Gasteiger partial charge in [0.25, 0.3) is 0 Å². The molecular formula is C16H23N3O. The van der Waals surface area contributed by atoms with E-state index >= 15 is 0 Å². The van der Waals surface area contributed by atoms with Crippen LogP contribution in [-0.4, -0.2) is 23.9 Å². The molecule has 2 aromatic rings. The van der Waals surface area contributed by atoms with E-state index < -0.39 is 0 Å². The number of nitrogens with zero attached hydrogens (tertiary/aromatic N) is 2. The highest BCUT2D eigenvalue weighted by atomic mass is 16.5. The Balaban J connectivity index is 2.25. The van der Waals surface area contributed by atoms with E-state index in [0.717, 1.165) is 18.7 Å². The van der Waals surface area contributed by atoms with Gasteiger partial charge in [0.05, 0.1) is 13.3 Å². The van der Waals surface area contributed by atoms with Crippen molar-refractivity contribution >= 4 is 0 Å². The van der Waals surface area contributed by atoms with E-state index in [1.807, 2.05) is 24.0 Å². The monoisotopic (exact) mass is 273 g/mol. The van der Waals surface area contributed by atoms with Crippen molar-refractivity contribution in [2.24, 2.45) is 0 Å². The van der Waals surface area contributed by atoms with Gasteiger partial charge in [-0.15, -0.1) is 0 Å². The van der Waals surface area contributed by atoms with Gasteiger partial charge in [-0.1, -0.05) is 17.7 Å². The fourth-order valence-corrected chi connectivity index (χ4v) is 2.41. The van der Waals surface area contributed by atoms with Crippen molar-refractivity contribution in [3.05, 3.63) is 47.3 Å². The van der Waals surface area contributed by atoms with Crippen LogP contribution in [-0.2, 0) is 13.0 Å². The summed E-state index contributed by atoms with van der Waals surface area (Å²) in [5, 5.41) is 7.71. The Bertz CT molecular complexity index is 563. The van der Waals surface area contributed by atoms with Crippen LogP contribution in [0.4, 0.5) is 0 Å². The van der Waals surface area contributed by atoms with Gasteiger partial charge >= 0.3 is 0 Å². The standard InChI is InChI=1S/C16H23N3O/c1-5-19-11-13(10-18-19)9-15(17-3)14-8-12(2)6-7-16(14)20-4/h6-8,10-11,15,17H,5,9H2,1-4H3. The molecule has 2 rings (SSSR count). The molecule has 1 aromatic carbocycles. The molecule has 1 aromatic heterocycles. The molecule has 0 saturated carbocycles. The minimum absolute atomic E-state index is 0.222. The summed E-state index contributed by atoms with van der Waals surface area (Å²) in [6.45, 7) is 5.10. The zero-order valence-corrected chi connectivity index (χ0v) is 12.7. The van der Waals surface area contributed by atoms with Gasteiger partial charge < -0.3 is 10.1 Å². The van der Waals surface area contributed by atoms with Gasteiger partial charge in [0.15, 0.2) is 0 Å². The molecule has 1 unspecified atom stereocenters. The molecule has 4 heteroatoms. The molecule has 0 aliphatic carbocycles. The molecule has 0 bridgehead atoms. The fraction of sp³-hybridized carbons (Fsp3) is 0.438. The van der Waals surface area contributed by atoms with Crippen molar-refractivity contribution in [3.8, 4) is 5.75 Å². The summed E-state index contributed by atoms with van der Waals surface area (Å²) in [6.07, 6.45) is 4.94. The third-order valence-electron chi connectivity index (χ3n) is 3.56. The molecule has 0 aliphatic rings. The minimum Gasteiger partial charge on any atom is -0.496 e. The van der Waals surface area contributed by atoms with Crippen LogP contribution >= 0.6 is 0 Å². The van der Waals surface area contributed by atoms with E-state index in [1.54, 1.807) is 7.11 Å². The third-order valence-corrected chi connectivity index (χ3v) is 3.56. The second kappa shape index (κ2) is 6.57. The normalized spacial score (nSPS) is 12.4. The maximum atomic E-state index is 5.49. The number of likely N-dealkylation sites (N-methyl/N-ethyl adjacent to an activating group) is 1. The zero-order chi connectivity index (χ0) is 14.5. The van der Waals surface area contributed by atoms with Crippen molar-refractivity contribution in [2.75, 3.05) is 14.2 Å². The van der Waals surface area contributed by atoms with Gasteiger partial charge in [-0.05, 0) is 38.9 Å². The van der Waals surface area contributed by atoms with Crippen LogP contribution in [0.2, 0.25) is 0 Å². The molecule has 1 atom stereocenters. The first kappa shape index (κ1) is 14.6. The highest BCUT2D eigenvalue weighted by Crippen LogP contribution is 2.28. The van der Waals surface area contributed by atoms with Gasteiger partial charge in [0.2, 0.25) is 0 Å². The molecule has 0 radical (unpaired) electrons. The number of aromatic nitrogens is 2. The second-order valence-corrected chi connectivity index (χ2v) is 5.00. The number of nitrogens with one attached hydrogen (secondary N) is 1. The van der Waals surface area contributed by atoms with Gasteiger partial charge in [0, 0.05) is 24.3 Å². The number of benzene rings is 1. The maximum absolute atomic E-state index is 5.49. The summed E-state index contributed by atoms with van der Waals surface area (Å²) in [6, 6.07) is 6.51. The van der Waals surface area contributed by atoms with E-state index in [9.17, 15) is 0 Å². The summed E-state index contributed by atoms with van der Waals surface area (Å²) in [7, 11) is 3.70. The topological polar surface area (TPSA) is 39.1 Å². The Morgan fingerprint density at radius 2 is 2.20 bits per heavy atom. The highest BCUT2D eigenvalue weighted by molar-refractivity contribution is 5.39. The van der Waals surface area contributed by atoms with Gasteiger partial charge in [-0.3, -0.25) is 4.68 Å². The summed E-state index contributed by atoms with van der Waals surface area (Å²) in [5.41, 5.74) is 3.67. The number of methoxy groups -OCH3 is 1. The van der Waals surface area contributed by atoms with Gasteiger partial charge in [0.1, 0.15) is 5.75 Å². The molecule has 20 heavy (non-hydrogen) atoms. The first-order valence-corrected chi connectivity index (χ1v) is 7.01. The molecule has 4 nitrogen and oxygen atoms in total. The summed E-state index contributed by atoms with van der Waals surface area (Å²) in [4.78, 5) is 0. The smallest absolute Gasteiger partial charge is 0.123 e. The van der Waals surface area contributed by atoms with E-state index in [1.165, 1.54) is 16.7 Å². The molecule has 0 aliphatic heterocycles. The Morgan fingerprint density at radius 1 is 1.40 bits per heavy atom. The van der Waals surface area contributed by atoms with Crippen molar-refractivity contribution in [3.63, 3.8) is 0 Å². The maximum Gasteiger partial charge on any atom is 0.123 e. The largest absolute Gasteiger partial charge is 0.496 e. The summed E-state index contributed by atoms with van der Waals surface area (Å²) < 4.78 is 7.44. The summed E-state index contributed by atoms with van der Waals surface area (Å²) in [5.74, 6) is 0.929. The van der Waals surface area contributed by atoms with Crippen LogP contribution in [0.1, 0.15) is 29.7 Å². The molecule has 0 fully saturated rings. The van der Waals surface area contributed by atoms with Gasteiger partial charge in [-0.2, -0.15) is 5.10 Å². The number of hydrogen-bond donors (Lipinski definition) is 1. The molecular weight excluding hydrogens is 250 g/mol. The lowest BCUT2D eigenvalue weighted by molar-refractivity contribution is 0.401. The lowest BCUT2D eigenvalue weighted by Gasteiger charge is -2.19. The minimum atomic E-state index is 0.222. The number of aryl methyl sites for hydroxylation is 2. The number of hydrogen-bond acceptors (Lipinski definition) is 3. The molecule has 1 heterocycles. The predicted octanol–water partition coefficient (Wildman–Crippen LogP) is 2.72. The molecule has 0 amide bonds. The average Bonchev–Trinajstić information content (AvgIpc) is 2.92. The predicted molar refractivity (Wildman–Crippen MR) is 81.1 cm³/mol. The SMILES string of the molecule is CCn1cc(CC(NC)c2cc(C)ccc2OC)cn1. The number of rotatable bonds is 6. The first-order chi connectivity index (χ1) is 9.67. The molecule has 0 saturated heterocycles. The molecule has 108 valence electrons. The zero-order valence-electron chi connectivity index (χ0n) is 12.7. The van der Waals surface area contributed by atoms with Crippen LogP contribution in [0.15, 0.2) is 30.6 Å². The Hall–Kier alpha value is -1.81. The van der Waals surface area contributed by atoms with Crippen LogP contribution in [0.5, 0.6) is 5.75 Å². The highest BCUT2D eigenvalue weighted by Gasteiger charge is 2.16. The van der Waals surface area contributed by atoms with Crippen LogP contribution in [0.25, 0.3) is 0 Å². The molecule has 0 spiro atoms. The Kier molecular flexibility index (Phi) is 4.79. The first-order valence-electron chi connectivity index (χ1n) is 7.01. The average molecular weight is 273 g/mol. The lowest BCUT2D eigenvalue weighted by atomic mass is 9.98. The van der Waals surface area contributed by atoms with Crippen molar-refractivity contribution in [1.29, 1.82) is 0 Å². The van der Waals surface area contributed by atoms with Gasteiger partial charge in [-0.25, -0.2) is 0 Å². The van der Waals surface area contributed by atoms with E-state index in [-0.39, 0.29) is 6.04 Å². The molecule has 1 N–H and O–H groups in total. The van der Waals surface area contributed by atoms with E-state index in [4.69, 9.17) is 4.74 Å². The van der Waals surface area contributed by atoms with Crippen LogP contribution in [0.3, 0.4) is 0 Å². The van der Waals surface area contributed by atoms with E-state index in [2.05, 4.69) is 42.6 Å². The lowest BCUT2D eigenvalue weighted by Crippen LogP contribution is -2.19. The van der Waals surface area contributed by atoms with Crippen molar-refractivity contribution in [1.82, 2.24) is 15.1 Å². The van der Waals surface area contributed by atoms with E-state index in [0.29, 0.717) is 0 Å². The fourth-order valence-electron chi connectivity index (χ4n) is 2.41. The Labute approximate surface area is 120 Å². The number of ether oxygens (including phenoxy) is 1. The van der Waals surface area contributed by atoms with Crippen molar-refractivity contribution < 1.29 is 4.74 Å².